The molecule has 0 radical (unpaired) electrons. The van der Waals surface area contributed by atoms with Crippen molar-refractivity contribution in [3.63, 3.8) is 0 Å². The fourth-order valence-electron chi connectivity index (χ4n) is 2.49. The molecule has 108 valence electrons. The van der Waals surface area contributed by atoms with E-state index in [-0.39, 0.29) is 6.04 Å². The fourth-order valence-corrected chi connectivity index (χ4v) is 5.90. The third-order valence-electron chi connectivity index (χ3n) is 3.76. The van der Waals surface area contributed by atoms with Crippen LogP contribution in [-0.4, -0.2) is 36.5 Å². The van der Waals surface area contributed by atoms with Crippen LogP contribution in [0.1, 0.15) is 36.6 Å². The SMILES string of the molecule is Cc1cc(S(=O)(=O)N2CCCC[C@@H]2[C@@H](C)O)sc1C. The van der Waals surface area contributed by atoms with E-state index in [0.29, 0.717) is 10.8 Å². The Morgan fingerprint density at radius 3 is 2.63 bits per heavy atom. The molecule has 0 aromatic carbocycles. The number of sulfonamides is 1. The maximum Gasteiger partial charge on any atom is 0.252 e. The molecule has 4 nitrogen and oxygen atoms in total. The lowest BCUT2D eigenvalue weighted by atomic mass is 10.0. The van der Waals surface area contributed by atoms with Gasteiger partial charge in [0.25, 0.3) is 10.0 Å². The molecular formula is C13H21NO3S2. The number of thiophene rings is 1. The van der Waals surface area contributed by atoms with Gasteiger partial charge in [0.1, 0.15) is 4.21 Å². The maximum atomic E-state index is 12.7. The van der Waals surface area contributed by atoms with Crippen LogP contribution in [0.3, 0.4) is 0 Å². The zero-order chi connectivity index (χ0) is 14.2. The first kappa shape index (κ1) is 15.0. The topological polar surface area (TPSA) is 57.6 Å². The molecule has 0 aliphatic carbocycles. The molecule has 0 amide bonds. The minimum absolute atomic E-state index is 0.290. The number of piperidine rings is 1. The number of aliphatic hydroxyl groups is 1. The summed E-state index contributed by atoms with van der Waals surface area (Å²) in [6, 6.07) is 1.45. The summed E-state index contributed by atoms with van der Waals surface area (Å²) < 4.78 is 27.3. The quantitative estimate of drug-likeness (QED) is 0.932. The molecule has 1 aliphatic heterocycles. The molecule has 2 heterocycles. The zero-order valence-corrected chi connectivity index (χ0v) is 13.2. The summed E-state index contributed by atoms with van der Waals surface area (Å²) in [6.45, 7) is 6.03. The van der Waals surface area contributed by atoms with E-state index in [0.717, 1.165) is 29.7 Å². The second-order valence-electron chi connectivity index (χ2n) is 5.22. The van der Waals surface area contributed by atoms with Gasteiger partial charge in [0.15, 0.2) is 0 Å². The summed E-state index contributed by atoms with van der Waals surface area (Å²) in [6.07, 6.45) is 1.95. The monoisotopic (exact) mass is 303 g/mol. The lowest BCUT2D eigenvalue weighted by molar-refractivity contribution is 0.0832. The molecule has 1 saturated heterocycles. The van der Waals surface area contributed by atoms with Crippen molar-refractivity contribution in [3.8, 4) is 0 Å². The van der Waals surface area contributed by atoms with Crippen molar-refractivity contribution in [1.29, 1.82) is 0 Å². The van der Waals surface area contributed by atoms with Gasteiger partial charge in [0, 0.05) is 11.4 Å². The highest BCUT2D eigenvalue weighted by atomic mass is 32.2. The van der Waals surface area contributed by atoms with Crippen LogP contribution in [0.5, 0.6) is 0 Å². The van der Waals surface area contributed by atoms with Crippen molar-refractivity contribution in [2.75, 3.05) is 6.54 Å². The van der Waals surface area contributed by atoms with Crippen molar-refractivity contribution in [3.05, 3.63) is 16.5 Å². The molecule has 1 aliphatic rings. The Hall–Kier alpha value is -0.430. The number of rotatable bonds is 3. The highest BCUT2D eigenvalue weighted by molar-refractivity contribution is 7.91. The molecule has 19 heavy (non-hydrogen) atoms. The number of aryl methyl sites for hydroxylation is 2. The van der Waals surface area contributed by atoms with E-state index < -0.39 is 16.1 Å². The van der Waals surface area contributed by atoms with Gasteiger partial charge >= 0.3 is 0 Å². The zero-order valence-electron chi connectivity index (χ0n) is 11.6. The number of aliphatic hydroxyl groups excluding tert-OH is 1. The maximum absolute atomic E-state index is 12.7. The summed E-state index contributed by atoms with van der Waals surface area (Å²) in [4.78, 5) is 1.03. The molecule has 0 unspecified atom stereocenters. The molecule has 1 aromatic rings. The molecule has 1 fully saturated rings. The van der Waals surface area contributed by atoms with E-state index in [1.54, 1.807) is 13.0 Å². The summed E-state index contributed by atoms with van der Waals surface area (Å²) in [5.41, 5.74) is 1.01. The van der Waals surface area contributed by atoms with Crippen LogP contribution in [0.15, 0.2) is 10.3 Å². The summed E-state index contributed by atoms with van der Waals surface area (Å²) in [7, 11) is -3.47. The molecule has 1 N–H and O–H groups in total. The lowest BCUT2D eigenvalue weighted by Gasteiger charge is -2.35. The fraction of sp³-hybridized carbons (Fsp3) is 0.692. The van der Waals surface area contributed by atoms with Crippen molar-refractivity contribution in [1.82, 2.24) is 4.31 Å². The van der Waals surface area contributed by atoms with Gasteiger partial charge in [-0.1, -0.05) is 6.42 Å². The minimum Gasteiger partial charge on any atom is -0.392 e. The Morgan fingerprint density at radius 2 is 2.11 bits per heavy atom. The molecule has 2 rings (SSSR count). The van der Waals surface area contributed by atoms with Crippen LogP contribution >= 0.6 is 11.3 Å². The predicted octanol–water partition coefficient (Wildman–Crippen LogP) is 2.29. The Bertz CT molecular complexity index is 529. The molecule has 0 spiro atoms. The Morgan fingerprint density at radius 1 is 1.42 bits per heavy atom. The predicted molar refractivity (Wildman–Crippen MR) is 77.0 cm³/mol. The van der Waals surface area contributed by atoms with Crippen LogP contribution in [-0.2, 0) is 10.0 Å². The Labute approximate surface area is 119 Å². The van der Waals surface area contributed by atoms with Gasteiger partial charge in [-0.05, 0) is 45.2 Å². The highest BCUT2D eigenvalue weighted by Gasteiger charge is 2.36. The largest absolute Gasteiger partial charge is 0.392 e. The summed E-state index contributed by atoms with van der Waals surface area (Å²) in [5, 5.41) is 9.81. The van der Waals surface area contributed by atoms with Gasteiger partial charge in [-0.2, -0.15) is 4.31 Å². The molecule has 1 aromatic heterocycles. The van der Waals surface area contributed by atoms with Crippen molar-refractivity contribution in [2.24, 2.45) is 0 Å². The van der Waals surface area contributed by atoms with E-state index in [1.165, 1.54) is 15.6 Å². The average molecular weight is 303 g/mol. The van der Waals surface area contributed by atoms with Gasteiger partial charge < -0.3 is 5.11 Å². The van der Waals surface area contributed by atoms with Crippen molar-refractivity contribution < 1.29 is 13.5 Å². The minimum atomic E-state index is -3.47. The smallest absolute Gasteiger partial charge is 0.252 e. The van der Waals surface area contributed by atoms with Crippen molar-refractivity contribution >= 4 is 21.4 Å². The van der Waals surface area contributed by atoms with Crippen molar-refractivity contribution in [2.45, 2.75) is 56.4 Å². The third kappa shape index (κ3) is 2.86. The van der Waals surface area contributed by atoms with Gasteiger partial charge in [-0.25, -0.2) is 8.42 Å². The van der Waals surface area contributed by atoms with E-state index in [1.807, 2.05) is 13.8 Å². The normalized spacial score (nSPS) is 23.5. The molecule has 0 bridgehead atoms. The van der Waals surface area contributed by atoms with Crippen LogP contribution in [0, 0.1) is 13.8 Å². The first-order valence-corrected chi connectivity index (χ1v) is 8.86. The van der Waals surface area contributed by atoms with Crippen LogP contribution in [0.25, 0.3) is 0 Å². The van der Waals surface area contributed by atoms with E-state index in [2.05, 4.69) is 0 Å². The van der Waals surface area contributed by atoms with E-state index >= 15 is 0 Å². The second-order valence-corrected chi connectivity index (χ2v) is 8.60. The first-order chi connectivity index (χ1) is 8.84. The lowest BCUT2D eigenvalue weighted by Crippen LogP contribution is -2.48. The summed E-state index contributed by atoms with van der Waals surface area (Å²) in [5.74, 6) is 0. The standard InChI is InChI=1S/C13H21NO3S2/c1-9-8-13(18-11(9)3)19(16,17)14-7-5-4-6-12(14)10(2)15/h8,10,12,15H,4-7H2,1-3H3/t10-,12-/m1/s1. The summed E-state index contributed by atoms with van der Waals surface area (Å²) >= 11 is 1.32. The van der Waals surface area contributed by atoms with Crippen LogP contribution in [0.4, 0.5) is 0 Å². The molecular weight excluding hydrogens is 282 g/mol. The highest BCUT2D eigenvalue weighted by Crippen LogP contribution is 2.32. The molecule has 0 saturated carbocycles. The van der Waals surface area contributed by atoms with Gasteiger partial charge in [-0.15, -0.1) is 11.3 Å². The second kappa shape index (κ2) is 5.52. The van der Waals surface area contributed by atoms with E-state index in [4.69, 9.17) is 0 Å². The third-order valence-corrected chi connectivity index (χ3v) is 7.29. The van der Waals surface area contributed by atoms with Gasteiger partial charge in [-0.3, -0.25) is 0 Å². The van der Waals surface area contributed by atoms with Gasteiger partial charge in [0.2, 0.25) is 0 Å². The molecule has 2 atom stereocenters. The average Bonchev–Trinajstić information content (AvgIpc) is 2.70. The number of nitrogens with zero attached hydrogens (tertiary/aromatic N) is 1. The number of hydrogen-bond donors (Lipinski definition) is 1. The van der Waals surface area contributed by atoms with Crippen LogP contribution in [0.2, 0.25) is 0 Å². The Kier molecular flexibility index (Phi) is 4.35. The number of hydrogen-bond acceptors (Lipinski definition) is 4. The van der Waals surface area contributed by atoms with E-state index in [9.17, 15) is 13.5 Å². The van der Waals surface area contributed by atoms with Gasteiger partial charge in [0.05, 0.1) is 12.1 Å². The first-order valence-electron chi connectivity index (χ1n) is 6.61. The Balaban J connectivity index is 2.37. The van der Waals surface area contributed by atoms with Crippen LogP contribution < -0.4 is 0 Å². The molecule has 6 heteroatoms.